The van der Waals surface area contributed by atoms with Gasteiger partial charge in [-0.05, 0) is 40.5 Å². The van der Waals surface area contributed by atoms with E-state index < -0.39 is 6.04 Å². The molecule has 1 atom stereocenters. The predicted octanol–water partition coefficient (Wildman–Crippen LogP) is 2.78. The first-order valence-electron chi connectivity index (χ1n) is 4.56. The van der Waals surface area contributed by atoms with Crippen molar-refractivity contribution >= 4 is 39.1 Å². The predicted molar refractivity (Wildman–Crippen MR) is 66.0 cm³/mol. The van der Waals surface area contributed by atoms with Crippen LogP contribution in [0.5, 0.6) is 0 Å². The monoisotopic (exact) mass is 290 g/mol. The average molecular weight is 292 g/mol. The van der Waals surface area contributed by atoms with Crippen molar-refractivity contribution < 1.29 is 4.79 Å². The van der Waals surface area contributed by atoms with Crippen molar-refractivity contribution in [1.82, 2.24) is 0 Å². The van der Waals surface area contributed by atoms with Crippen LogP contribution in [0, 0.1) is 0 Å². The fourth-order valence-corrected chi connectivity index (χ4v) is 1.78. The van der Waals surface area contributed by atoms with Gasteiger partial charge in [0.2, 0.25) is 5.91 Å². The van der Waals surface area contributed by atoms with Crippen LogP contribution in [0.1, 0.15) is 13.3 Å². The summed E-state index contributed by atoms with van der Waals surface area (Å²) in [5.74, 6) is -0.194. The quantitative estimate of drug-likeness (QED) is 0.900. The number of carbonyl (C=O) groups excluding carboxylic acids is 1. The number of amides is 1. The molecule has 1 aromatic rings. The van der Waals surface area contributed by atoms with Crippen molar-refractivity contribution in [2.24, 2.45) is 5.73 Å². The van der Waals surface area contributed by atoms with Crippen molar-refractivity contribution in [3.63, 3.8) is 0 Å². The van der Waals surface area contributed by atoms with E-state index in [4.69, 9.17) is 17.3 Å². The van der Waals surface area contributed by atoms with Gasteiger partial charge < -0.3 is 11.1 Å². The van der Waals surface area contributed by atoms with Crippen molar-refractivity contribution in [3.05, 3.63) is 27.7 Å². The lowest BCUT2D eigenvalue weighted by atomic mass is 10.2. The van der Waals surface area contributed by atoms with Crippen LogP contribution in [0.2, 0.25) is 5.02 Å². The van der Waals surface area contributed by atoms with E-state index in [1.807, 2.05) is 6.92 Å². The summed E-state index contributed by atoms with van der Waals surface area (Å²) in [7, 11) is 0. The second-order valence-electron chi connectivity index (χ2n) is 3.13. The van der Waals surface area contributed by atoms with Crippen LogP contribution in [0.3, 0.4) is 0 Å². The molecule has 0 aliphatic rings. The lowest BCUT2D eigenvalue weighted by molar-refractivity contribution is -0.117. The summed E-state index contributed by atoms with van der Waals surface area (Å²) < 4.78 is 0.742. The number of nitrogens with two attached hydrogens (primary N) is 1. The molecule has 3 N–H and O–H groups in total. The Morgan fingerprint density at radius 2 is 2.33 bits per heavy atom. The maximum atomic E-state index is 11.5. The number of rotatable bonds is 3. The highest BCUT2D eigenvalue weighted by Gasteiger charge is 2.12. The third-order valence-corrected chi connectivity index (χ3v) is 2.86. The molecule has 0 fully saturated rings. The van der Waals surface area contributed by atoms with E-state index >= 15 is 0 Å². The van der Waals surface area contributed by atoms with Crippen LogP contribution >= 0.6 is 27.5 Å². The zero-order valence-corrected chi connectivity index (χ0v) is 10.6. The Morgan fingerprint density at radius 3 is 2.87 bits per heavy atom. The van der Waals surface area contributed by atoms with Gasteiger partial charge in [0.05, 0.1) is 11.7 Å². The van der Waals surface area contributed by atoms with Crippen molar-refractivity contribution in [2.75, 3.05) is 5.32 Å². The van der Waals surface area contributed by atoms with Crippen LogP contribution < -0.4 is 11.1 Å². The van der Waals surface area contributed by atoms with Crippen molar-refractivity contribution in [2.45, 2.75) is 19.4 Å². The SMILES string of the molecule is CC[C@@H](N)C(=O)Nc1ccc(Cl)cc1Br. The van der Waals surface area contributed by atoms with Crippen molar-refractivity contribution in [3.8, 4) is 0 Å². The first-order chi connectivity index (χ1) is 7.04. The molecular formula is C10H12BrClN2O. The molecule has 0 bridgehead atoms. The Morgan fingerprint density at radius 1 is 1.67 bits per heavy atom. The van der Waals surface area contributed by atoms with Gasteiger partial charge in [0.25, 0.3) is 0 Å². The maximum absolute atomic E-state index is 11.5. The second kappa shape index (κ2) is 5.49. The number of hydrogen-bond acceptors (Lipinski definition) is 2. The third kappa shape index (κ3) is 3.48. The molecule has 1 amide bonds. The van der Waals surface area contributed by atoms with Gasteiger partial charge in [-0.2, -0.15) is 0 Å². The maximum Gasteiger partial charge on any atom is 0.241 e. The minimum absolute atomic E-state index is 0.194. The van der Waals surface area contributed by atoms with Crippen LogP contribution in [0.4, 0.5) is 5.69 Å². The summed E-state index contributed by atoms with van der Waals surface area (Å²) in [6.07, 6.45) is 0.608. The molecule has 82 valence electrons. The summed E-state index contributed by atoms with van der Waals surface area (Å²) in [6.45, 7) is 1.86. The van der Waals surface area contributed by atoms with E-state index in [0.29, 0.717) is 17.1 Å². The molecule has 0 heterocycles. The summed E-state index contributed by atoms with van der Waals surface area (Å²) in [5.41, 5.74) is 6.27. The molecule has 5 heteroatoms. The molecule has 0 saturated heterocycles. The Kier molecular flexibility index (Phi) is 4.57. The topological polar surface area (TPSA) is 55.1 Å². The Bertz CT molecular complexity index is 370. The molecule has 0 unspecified atom stereocenters. The second-order valence-corrected chi connectivity index (χ2v) is 4.42. The van der Waals surface area contributed by atoms with E-state index in [-0.39, 0.29) is 5.91 Å². The lowest BCUT2D eigenvalue weighted by Crippen LogP contribution is -2.34. The van der Waals surface area contributed by atoms with E-state index in [9.17, 15) is 4.79 Å². The van der Waals surface area contributed by atoms with Gasteiger partial charge in [-0.3, -0.25) is 4.79 Å². The van der Waals surface area contributed by atoms with E-state index in [1.54, 1.807) is 18.2 Å². The van der Waals surface area contributed by atoms with Crippen molar-refractivity contribution in [1.29, 1.82) is 0 Å². The van der Waals surface area contributed by atoms with Gasteiger partial charge >= 0.3 is 0 Å². The standard InChI is InChI=1S/C10H12BrClN2O/c1-2-8(13)10(15)14-9-4-3-6(12)5-7(9)11/h3-5,8H,2,13H2,1H3,(H,14,15)/t8-/m1/s1. The Balaban J connectivity index is 2.77. The van der Waals surface area contributed by atoms with Gasteiger partial charge in [0, 0.05) is 9.50 Å². The van der Waals surface area contributed by atoms with Gasteiger partial charge in [0.15, 0.2) is 0 Å². The molecule has 1 aromatic carbocycles. The molecule has 3 nitrogen and oxygen atoms in total. The summed E-state index contributed by atoms with van der Waals surface area (Å²) in [4.78, 5) is 11.5. The third-order valence-electron chi connectivity index (χ3n) is 1.97. The first kappa shape index (κ1) is 12.5. The molecule has 15 heavy (non-hydrogen) atoms. The zero-order chi connectivity index (χ0) is 11.4. The van der Waals surface area contributed by atoms with E-state index in [0.717, 1.165) is 4.47 Å². The van der Waals surface area contributed by atoms with Gasteiger partial charge in [0.1, 0.15) is 0 Å². The molecule has 0 saturated carbocycles. The lowest BCUT2D eigenvalue weighted by Gasteiger charge is -2.11. The highest BCUT2D eigenvalue weighted by molar-refractivity contribution is 9.10. The normalized spacial score (nSPS) is 12.3. The smallest absolute Gasteiger partial charge is 0.241 e. The fourth-order valence-electron chi connectivity index (χ4n) is 1.00. The van der Waals surface area contributed by atoms with Crippen LogP contribution in [0.25, 0.3) is 0 Å². The summed E-state index contributed by atoms with van der Waals surface area (Å²) >= 11 is 9.08. The molecule has 0 aromatic heterocycles. The van der Waals surface area contributed by atoms with Gasteiger partial charge in [-0.15, -0.1) is 0 Å². The molecule has 0 spiro atoms. The Hall–Kier alpha value is -0.580. The zero-order valence-electron chi connectivity index (χ0n) is 8.26. The average Bonchev–Trinajstić information content (AvgIpc) is 2.20. The number of halogens is 2. The summed E-state index contributed by atoms with van der Waals surface area (Å²) in [6, 6.07) is 4.67. The number of nitrogens with one attached hydrogen (secondary N) is 1. The number of hydrogen-bond donors (Lipinski definition) is 2. The molecule has 0 aliphatic carbocycles. The van der Waals surface area contributed by atoms with E-state index in [1.165, 1.54) is 0 Å². The highest BCUT2D eigenvalue weighted by Crippen LogP contribution is 2.25. The largest absolute Gasteiger partial charge is 0.324 e. The number of carbonyl (C=O) groups is 1. The summed E-state index contributed by atoms with van der Waals surface area (Å²) in [5, 5.41) is 3.33. The number of anilines is 1. The first-order valence-corrected chi connectivity index (χ1v) is 5.73. The molecule has 1 rings (SSSR count). The van der Waals surface area contributed by atoms with Gasteiger partial charge in [-0.1, -0.05) is 18.5 Å². The van der Waals surface area contributed by atoms with Crippen LogP contribution in [-0.4, -0.2) is 11.9 Å². The molecular weight excluding hydrogens is 279 g/mol. The van der Waals surface area contributed by atoms with E-state index in [2.05, 4.69) is 21.2 Å². The Labute approximate surface area is 102 Å². The van der Waals surface area contributed by atoms with Gasteiger partial charge in [-0.25, -0.2) is 0 Å². The minimum atomic E-state index is -0.479. The van der Waals surface area contributed by atoms with Crippen LogP contribution in [-0.2, 0) is 4.79 Å². The minimum Gasteiger partial charge on any atom is -0.324 e. The molecule has 0 aliphatic heterocycles. The highest BCUT2D eigenvalue weighted by atomic mass is 79.9. The fraction of sp³-hybridized carbons (Fsp3) is 0.300. The van der Waals surface area contributed by atoms with Crippen LogP contribution in [0.15, 0.2) is 22.7 Å². The number of benzene rings is 1. The molecule has 0 radical (unpaired) electrons.